The molecule has 0 aromatic heterocycles. The van der Waals surface area contributed by atoms with E-state index in [1.807, 2.05) is 0 Å². The lowest BCUT2D eigenvalue weighted by atomic mass is 10.0. The zero-order valence-corrected chi connectivity index (χ0v) is 16.4. The van der Waals surface area contributed by atoms with Gasteiger partial charge in [0.1, 0.15) is 0 Å². The fourth-order valence-electron chi connectivity index (χ4n) is 3.52. The van der Waals surface area contributed by atoms with Gasteiger partial charge in [-0.2, -0.15) is 0 Å². The number of likely N-dealkylation sites (tertiary alicyclic amines) is 1. The molecule has 2 aliphatic rings. The molecule has 0 spiro atoms. The SMILES string of the molecule is CCNC(=NCC1(O)CCCC1)NCC1CCCN1CC.I. The smallest absolute Gasteiger partial charge is 0.191 e. The molecule has 1 saturated heterocycles. The number of likely N-dealkylation sites (N-methyl/N-ethyl adjacent to an activating group) is 1. The van der Waals surface area contributed by atoms with Crippen LogP contribution in [-0.2, 0) is 0 Å². The molecule has 2 rings (SSSR count). The first kappa shape index (κ1) is 20.0. The first-order valence-corrected chi connectivity index (χ1v) is 8.65. The highest BCUT2D eigenvalue weighted by molar-refractivity contribution is 14.0. The quantitative estimate of drug-likeness (QED) is 0.347. The van der Waals surface area contributed by atoms with Crippen molar-refractivity contribution in [2.45, 2.75) is 64.0 Å². The summed E-state index contributed by atoms with van der Waals surface area (Å²) < 4.78 is 0. The van der Waals surface area contributed by atoms with E-state index in [4.69, 9.17) is 0 Å². The molecule has 0 radical (unpaired) electrons. The Labute approximate surface area is 152 Å². The summed E-state index contributed by atoms with van der Waals surface area (Å²) in [6, 6.07) is 0.619. The predicted octanol–water partition coefficient (Wildman–Crippen LogP) is 1.95. The molecule has 6 heteroatoms. The normalized spacial score (nSPS) is 25.0. The van der Waals surface area contributed by atoms with E-state index in [0.717, 1.165) is 51.3 Å². The van der Waals surface area contributed by atoms with Gasteiger partial charge in [-0.1, -0.05) is 19.8 Å². The van der Waals surface area contributed by atoms with Crippen molar-refractivity contribution in [3.63, 3.8) is 0 Å². The van der Waals surface area contributed by atoms with E-state index < -0.39 is 5.60 Å². The van der Waals surface area contributed by atoms with Crippen molar-refractivity contribution < 1.29 is 5.11 Å². The largest absolute Gasteiger partial charge is 0.388 e. The number of guanidine groups is 1. The molecule has 0 bridgehead atoms. The molecule has 130 valence electrons. The van der Waals surface area contributed by atoms with Crippen LogP contribution in [0, 0.1) is 0 Å². The third-order valence-electron chi connectivity index (χ3n) is 4.82. The van der Waals surface area contributed by atoms with E-state index in [-0.39, 0.29) is 24.0 Å². The lowest BCUT2D eigenvalue weighted by molar-refractivity contribution is 0.0574. The van der Waals surface area contributed by atoms with Crippen molar-refractivity contribution in [3.05, 3.63) is 0 Å². The van der Waals surface area contributed by atoms with Gasteiger partial charge in [0.2, 0.25) is 0 Å². The van der Waals surface area contributed by atoms with Crippen molar-refractivity contribution in [2.75, 3.05) is 32.7 Å². The average Bonchev–Trinajstić information content (AvgIpc) is 3.11. The second-order valence-electron chi connectivity index (χ2n) is 6.43. The highest BCUT2D eigenvalue weighted by Crippen LogP contribution is 2.29. The number of halogens is 1. The summed E-state index contributed by atoms with van der Waals surface area (Å²) in [5, 5.41) is 17.1. The number of nitrogens with zero attached hydrogens (tertiary/aromatic N) is 2. The summed E-state index contributed by atoms with van der Waals surface area (Å²) in [7, 11) is 0. The van der Waals surface area contributed by atoms with Crippen LogP contribution in [0.15, 0.2) is 4.99 Å². The minimum atomic E-state index is -0.564. The van der Waals surface area contributed by atoms with Crippen molar-refractivity contribution in [1.29, 1.82) is 0 Å². The van der Waals surface area contributed by atoms with Gasteiger partial charge in [-0.25, -0.2) is 0 Å². The molecule has 2 fully saturated rings. The Balaban J connectivity index is 0.00000242. The monoisotopic (exact) mass is 424 g/mol. The van der Waals surface area contributed by atoms with Gasteiger partial charge >= 0.3 is 0 Å². The van der Waals surface area contributed by atoms with Crippen molar-refractivity contribution in [3.8, 4) is 0 Å². The van der Waals surface area contributed by atoms with Gasteiger partial charge in [0, 0.05) is 19.1 Å². The minimum absolute atomic E-state index is 0. The van der Waals surface area contributed by atoms with Gasteiger partial charge in [0.05, 0.1) is 12.1 Å². The van der Waals surface area contributed by atoms with Crippen LogP contribution in [0.3, 0.4) is 0 Å². The number of aliphatic hydroxyl groups is 1. The van der Waals surface area contributed by atoms with E-state index in [1.165, 1.54) is 19.4 Å². The number of aliphatic imine (C=N–C) groups is 1. The van der Waals surface area contributed by atoms with E-state index in [9.17, 15) is 5.11 Å². The summed E-state index contributed by atoms with van der Waals surface area (Å²) in [6.45, 7) is 8.97. The Morgan fingerprint density at radius 2 is 1.95 bits per heavy atom. The summed E-state index contributed by atoms with van der Waals surface area (Å²) in [5.74, 6) is 0.848. The highest BCUT2D eigenvalue weighted by atomic mass is 127. The Hall–Kier alpha value is -0.0800. The van der Waals surface area contributed by atoms with Crippen LogP contribution < -0.4 is 10.6 Å². The number of rotatable bonds is 6. The Morgan fingerprint density at radius 3 is 2.59 bits per heavy atom. The summed E-state index contributed by atoms with van der Waals surface area (Å²) in [6.07, 6.45) is 6.61. The van der Waals surface area contributed by atoms with Crippen molar-refractivity contribution in [1.82, 2.24) is 15.5 Å². The lowest BCUT2D eigenvalue weighted by Crippen LogP contribution is -2.45. The van der Waals surface area contributed by atoms with Crippen LogP contribution in [0.25, 0.3) is 0 Å². The molecular formula is C16H33IN4O. The topological polar surface area (TPSA) is 59.9 Å². The van der Waals surface area contributed by atoms with Crippen LogP contribution in [0.1, 0.15) is 52.4 Å². The third kappa shape index (κ3) is 5.85. The molecule has 1 heterocycles. The van der Waals surface area contributed by atoms with E-state index in [0.29, 0.717) is 12.6 Å². The standard InChI is InChI=1S/C16H32N4O.HI/c1-3-17-15(19-13-16(21)9-5-6-10-16)18-12-14-8-7-11-20(14)4-2;/h14,21H,3-13H2,1-2H3,(H2,17,18,19);1H. The van der Waals surface area contributed by atoms with Crippen LogP contribution in [0.5, 0.6) is 0 Å². The van der Waals surface area contributed by atoms with Gasteiger partial charge in [0.25, 0.3) is 0 Å². The first-order valence-electron chi connectivity index (χ1n) is 8.65. The molecule has 3 N–H and O–H groups in total. The number of nitrogens with one attached hydrogen (secondary N) is 2. The van der Waals surface area contributed by atoms with Crippen LogP contribution in [-0.4, -0.2) is 60.3 Å². The highest BCUT2D eigenvalue weighted by Gasteiger charge is 2.31. The molecule has 1 unspecified atom stereocenters. The maximum atomic E-state index is 10.4. The molecule has 1 aliphatic heterocycles. The minimum Gasteiger partial charge on any atom is -0.388 e. The second-order valence-corrected chi connectivity index (χ2v) is 6.43. The van der Waals surface area contributed by atoms with Gasteiger partial charge in [-0.05, 0) is 45.7 Å². The molecule has 22 heavy (non-hydrogen) atoms. The van der Waals surface area contributed by atoms with Crippen LogP contribution in [0.4, 0.5) is 0 Å². The molecule has 0 aromatic carbocycles. The van der Waals surface area contributed by atoms with Crippen LogP contribution >= 0.6 is 24.0 Å². The second kappa shape index (κ2) is 9.93. The Morgan fingerprint density at radius 1 is 1.23 bits per heavy atom. The summed E-state index contributed by atoms with van der Waals surface area (Å²) in [5.41, 5.74) is -0.564. The Bertz CT molecular complexity index is 345. The zero-order valence-electron chi connectivity index (χ0n) is 14.1. The summed E-state index contributed by atoms with van der Waals surface area (Å²) in [4.78, 5) is 7.13. The zero-order chi connectivity index (χ0) is 15.1. The number of hydrogen-bond acceptors (Lipinski definition) is 3. The summed E-state index contributed by atoms with van der Waals surface area (Å²) >= 11 is 0. The van der Waals surface area contributed by atoms with Crippen molar-refractivity contribution in [2.24, 2.45) is 4.99 Å². The fourth-order valence-corrected chi connectivity index (χ4v) is 3.52. The van der Waals surface area contributed by atoms with Gasteiger partial charge in [-0.15, -0.1) is 24.0 Å². The molecule has 1 aliphatic carbocycles. The fraction of sp³-hybridized carbons (Fsp3) is 0.938. The maximum Gasteiger partial charge on any atom is 0.191 e. The molecule has 1 atom stereocenters. The van der Waals surface area contributed by atoms with E-state index >= 15 is 0 Å². The van der Waals surface area contributed by atoms with Crippen LogP contribution in [0.2, 0.25) is 0 Å². The predicted molar refractivity (Wildman–Crippen MR) is 103 cm³/mol. The third-order valence-corrected chi connectivity index (χ3v) is 4.82. The van der Waals surface area contributed by atoms with E-state index in [2.05, 4.69) is 34.4 Å². The first-order chi connectivity index (χ1) is 10.2. The lowest BCUT2D eigenvalue weighted by Gasteiger charge is -2.25. The average molecular weight is 424 g/mol. The molecule has 0 aromatic rings. The van der Waals surface area contributed by atoms with Gasteiger partial charge in [0.15, 0.2) is 5.96 Å². The van der Waals surface area contributed by atoms with Gasteiger partial charge < -0.3 is 15.7 Å². The maximum absolute atomic E-state index is 10.4. The molecule has 1 saturated carbocycles. The molecular weight excluding hydrogens is 391 g/mol. The van der Waals surface area contributed by atoms with E-state index in [1.54, 1.807) is 0 Å². The van der Waals surface area contributed by atoms with Crippen molar-refractivity contribution >= 4 is 29.9 Å². The van der Waals surface area contributed by atoms with Gasteiger partial charge in [-0.3, -0.25) is 9.89 Å². The number of hydrogen-bond donors (Lipinski definition) is 3. The molecule has 0 amide bonds. The Kier molecular flexibility index (Phi) is 9.01. The molecule has 5 nitrogen and oxygen atoms in total.